The van der Waals surface area contributed by atoms with Crippen molar-refractivity contribution in [2.45, 2.75) is 26.4 Å². The van der Waals surface area contributed by atoms with E-state index in [9.17, 15) is 0 Å². The normalized spacial score (nSPS) is 11.1. The molecule has 0 saturated heterocycles. The maximum absolute atomic E-state index is 6.29. The summed E-state index contributed by atoms with van der Waals surface area (Å²) in [6.07, 6.45) is 4.48. The molecule has 0 saturated carbocycles. The van der Waals surface area contributed by atoms with Crippen LogP contribution in [0.1, 0.15) is 24.1 Å². The van der Waals surface area contributed by atoms with E-state index in [0.717, 1.165) is 28.7 Å². The Morgan fingerprint density at radius 3 is 2.82 bits per heavy atom. The predicted octanol–water partition coefficient (Wildman–Crippen LogP) is 1.34. The zero-order valence-electron chi connectivity index (χ0n) is 10.0. The molecule has 0 amide bonds. The van der Waals surface area contributed by atoms with Gasteiger partial charge in [-0.1, -0.05) is 18.5 Å². The summed E-state index contributed by atoms with van der Waals surface area (Å²) in [5, 5.41) is 5.13. The van der Waals surface area contributed by atoms with Crippen molar-refractivity contribution in [3.8, 4) is 0 Å². The highest BCUT2D eigenvalue weighted by atomic mass is 35.5. The smallest absolute Gasteiger partial charge is 0.122 e. The van der Waals surface area contributed by atoms with Gasteiger partial charge >= 0.3 is 0 Å². The fourth-order valence-corrected chi connectivity index (χ4v) is 2.18. The van der Waals surface area contributed by atoms with E-state index in [1.165, 1.54) is 0 Å². The molecule has 2 heterocycles. The summed E-state index contributed by atoms with van der Waals surface area (Å²) in [4.78, 5) is 4.18. The van der Waals surface area contributed by atoms with Crippen molar-refractivity contribution < 1.29 is 0 Å². The maximum atomic E-state index is 6.29. The molecule has 0 bridgehead atoms. The Kier molecular flexibility index (Phi) is 3.49. The minimum atomic E-state index is 0.420. The van der Waals surface area contributed by atoms with Crippen molar-refractivity contribution in [3.63, 3.8) is 0 Å². The van der Waals surface area contributed by atoms with Gasteiger partial charge in [0.1, 0.15) is 5.82 Å². The van der Waals surface area contributed by atoms with Crippen LogP contribution in [0.25, 0.3) is 0 Å². The van der Waals surface area contributed by atoms with Gasteiger partial charge in [-0.25, -0.2) is 4.98 Å². The quantitative estimate of drug-likeness (QED) is 0.895. The molecule has 0 aromatic carbocycles. The van der Waals surface area contributed by atoms with Gasteiger partial charge in [0.25, 0.3) is 0 Å². The Balaban J connectivity index is 2.33. The molecule has 0 fully saturated rings. The molecule has 17 heavy (non-hydrogen) atoms. The van der Waals surface area contributed by atoms with Crippen LogP contribution < -0.4 is 5.73 Å². The minimum Gasteiger partial charge on any atom is -0.328 e. The molecule has 2 aromatic heterocycles. The van der Waals surface area contributed by atoms with Gasteiger partial charge in [-0.15, -0.1) is 0 Å². The Hall–Kier alpha value is -1.33. The molecule has 0 aliphatic rings. The van der Waals surface area contributed by atoms with E-state index in [1.54, 1.807) is 6.20 Å². The zero-order valence-corrected chi connectivity index (χ0v) is 10.8. The van der Waals surface area contributed by atoms with Gasteiger partial charge in [-0.2, -0.15) is 5.10 Å². The SMILES string of the molecule is CCc1nn(C)c(Cn2ccnc2CN)c1Cl. The van der Waals surface area contributed by atoms with Crippen LogP contribution in [0.5, 0.6) is 0 Å². The summed E-state index contributed by atoms with van der Waals surface area (Å²) in [6, 6.07) is 0. The van der Waals surface area contributed by atoms with E-state index in [-0.39, 0.29) is 0 Å². The number of imidazole rings is 1. The molecule has 0 unspecified atom stereocenters. The lowest BCUT2D eigenvalue weighted by atomic mass is 10.3. The first kappa shape index (κ1) is 12.1. The molecule has 6 heteroatoms. The second kappa shape index (κ2) is 4.89. The van der Waals surface area contributed by atoms with Crippen LogP contribution >= 0.6 is 11.6 Å². The fourth-order valence-electron chi connectivity index (χ4n) is 1.83. The molecule has 0 atom stereocenters. The molecule has 0 aliphatic carbocycles. The van der Waals surface area contributed by atoms with Crippen molar-refractivity contribution in [3.05, 3.63) is 34.6 Å². The molecule has 0 aliphatic heterocycles. The second-order valence-electron chi connectivity index (χ2n) is 3.86. The molecule has 0 radical (unpaired) electrons. The largest absolute Gasteiger partial charge is 0.328 e. The van der Waals surface area contributed by atoms with Crippen molar-refractivity contribution in [2.75, 3.05) is 0 Å². The predicted molar refractivity (Wildman–Crippen MR) is 66.8 cm³/mol. The van der Waals surface area contributed by atoms with Crippen LogP contribution in [-0.4, -0.2) is 19.3 Å². The molecule has 5 nitrogen and oxygen atoms in total. The molecule has 2 N–H and O–H groups in total. The number of nitrogens with two attached hydrogens (primary N) is 1. The van der Waals surface area contributed by atoms with E-state index in [1.807, 2.05) is 29.4 Å². The average Bonchev–Trinajstić information content (AvgIpc) is 2.88. The first-order chi connectivity index (χ1) is 8.17. The van der Waals surface area contributed by atoms with Crippen LogP contribution in [0.4, 0.5) is 0 Å². The zero-order chi connectivity index (χ0) is 12.4. The number of rotatable bonds is 4. The van der Waals surface area contributed by atoms with Gasteiger partial charge in [-0.05, 0) is 6.42 Å². The first-order valence-corrected chi connectivity index (χ1v) is 5.95. The van der Waals surface area contributed by atoms with E-state index >= 15 is 0 Å². The van der Waals surface area contributed by atoms with Crippen LogP contribution in [-0.2, 0) is 26.6 Å². The van der Waals surface area contributed by atoms with E-state index in [0.29, 0.717) is 13.1 Å². The number of hydrogen-bond acceptors (Lipinski definition) is 3. The standard InChI is InChI=1S/C11H16ClN5/c1-3-8-11(12)9(16(2)15-8)7-17-5-4-14-10(17)6-13/h4-5H,3,6-7,13H2,1-2H3. The number of aryl methyl sites for hydroxylation is 2. The van der Waals surface area contributed by atoms with Gasteiger partial charge in [-0.3, -0.25) is 4.68 Å². The average molecular weight is 254 g/mol. The molecule has 0 spiro atoms. The fraction of sp³-hybridized carbons (Fsp3) is 0.455. The van der Waals surface area contributed by atoms with Gasteiger partial charge in [0.2, 0.25) is 0 Å². The molecule has 92 valence electrons. The van der Waals surface area contributed by atoms with E-state index in [4.69, 9.17) is 17.3 Å². The highest BCUT2D eigenvalue weighted by Gasteiger charge is 2.14. The van der Waals surface area contributed by atoms with Crippen LogP contribution in [0.15, 0.2) is 12.4 Å². The third kappa shape index (κ3) is 2.21. The van der Waals surface area contributed by atoms with Crippen molar-refractivity contribution in [1.29, 1.82) is 0 Å². The topological polar surface area (TPSA) is 61.7 Å². The van der Waals surface area contributed by atoms with Gasteiger partial charge in [0.05, 0.1) is 29.5 Å². The number of halogens is 1. The summed E-state index contributed by atoms with van der Waals surface area (Å²) in [5.74, 6) is 0.848. The summed E-state index contributed by atoms with van der Waals surface area (Å²) in [7, 11) is 1.90. The first-order valence-electron chi connectivity index (χ1n) is 5.57. The third-order valence-corrected chi connectivity index (χ3v) is 3.24. The molecular formula is C11H16ClN5. The lowest BCUT2D eigenvalue weighted by Crippen LogP contribution is -2.11. The summed E-state index contributed by atoms with van der Waals surface area (Å²) in [5.41, 5.74) is 7.53. The van der Waals surface area contributed by atoms with Crippen molar-refractivity contribution in [1.82, 2.24) is 19.3 Å². The molecule has 2 rings (SSSR count). The van der Waals surface area contributed by atoms with Crippen LogP contribution in [0, 0.1) is 0 Å². The highest BCUT2D eigenvalue weighted by Crippen LogP contribution is 2.21. The van der Waals surface area contributed by atoms with Gasteiger partial charge in [0, 0.05) is 19.4 Å². The van der Waals surface area contributed by atoms with Crippen LogP contribution in [0.3, 0.4) is 0 Å². The molecule has 2 aromatic rings. The Morgan fingerprint density at radius 2 is 2.24 bits per heavy atom. The lowest BCUT2D eigenvalue weighted by Gasteiger charge is -2.07. The Bertz CT molecular complexity index is 514. The lowest BCUT2D eigenvalue weighted by molar-refractivity contribution is 0.641. The third-order valence-electron chi connectivity index (χ3n) is 2.81. The highest BCUT2D eigenvalue weighted by molar-refractivity contribution is 6.31. The Labute approximate surface area is 105 Å². The van der Waals surface area contributed by atoms with Gasteiger partial charge < -0.3 is 10.3 Å². The van der Waals surface area contributed by atoms with Crippen molar-refractivity contribution >= 4 is 11.6 Å². The summed E-state index contributed by atoms with van der Waals surface area (Å²) >= 11 is 6.29. The minimum absolute atomic E-state index is 0.420. The molecular weight excluding hydrogens is 238 g/mol. The Morgan fingerprint density at radius 1 is 1.47 bits per heavy atom. The van der Waals surface area contributed by atoms with E-state index < -0.39 is 0 Å². The summed E-state index contributed by atoms with van der Waals surface area (Å²) < 4.78 is 3.81. The summed E-state index contributed by atoms with van der Waals surface area (Å²) in [6.45, 7) is 3.11. The number of aromatic nitrogens is 4. The second-order valence-corrected chi connectivity index (χ2v) is 4.24. The van der Waals surface area contributed by atoms with Gasteiger partial charge in [0.15, 0.2) is 0 Å². The number of hydrogen-bond donors (Lipinski definition) is 1. The maximum Gasteiger partial charge on any atom is 0.122 e. The van der Waals surface area contributed by atoms with E-state index in [2.05, 4.69) is 10.1 Å². The van der Waals surface area contributed by atoms with Crippen LogP contribution in [0.2, 0.25) is 5.02 Å². The number of nitrogens with zero attached hydrogens (tertiary/aromatic N) is 4. The monoisotopic (exact) mass is 253 g/mol. The van der Waals surface area contributed by atoms with Crippen molar-refractivity contribution in [2.24, 2.45) is 12.8 Å².